The Kier molecular flexibility index (Phi) is 4.94. The molecule has 0 bridgehead atoms. The SMILES string of the molecule is CSCC(=O)CC(C)C(=O)O. The van der Waals surface area contributed by atoms with E-state index in [-0.39, 0.29) is 12.2 Å². The van der Waals surface area contributed by atoms with Crippen LogP contribution in [-0.4, -0.2) is 28.9 Å². The number of ketones is 1. The number of carbonyl (C=O) groups excluding carboxylic acids is 1. The van der Waals surface area contributed by atoms with Crippen molar-refractivity contribution in [2.75, 3.05) is 12.0 Å². The number of carboxylic acid groups (broad SMARTS) is 1. The lowest BCUT2D eigenvalue weighted by Gasteiger charge is -2.02. The molecule has 3 nitrogen and oxygen atoms in total. The average molecular weight is 176 g/mol. The molecule has 0 aromatic heterocycles. The number of carbonyl (C=O) groups is 2. The molecular weight excluding hydrogens is 164 g/mol. The van der Waals surface area contributed by atoms with Crippen LogP contribution in [0.3, 0.4) is 0 Å². The van der Waals surface area contributed by atoms with Crippen molar-refractivity contribution in [3.63, 3.8) is 0 Å². The van der Waals surface area contributed by atoms with E-state index < -0.39 is 11.9 Å². The normalized spacial score (nSPS) is 12.5. The number of rotatable bonds is 5. The maximum Gasteiger partial charge on any atom is 0.306 e. The highest BCUT2D eigenvalue weighted by Gasteiger charge is 2.14. The standard InChI is InChI=1S/C7H12O3S/c1-5(7(9)10)3-6(8)4-11-2/h5H,3-4H2,1-2H3,(H,9,10). The zero-order valence-electron chi connectivity index (χ0n) is 6.66. The van der Waals surface area contributed by atoms with Crippen molar-refractivity contribution >= 4 is 23.5 Å². The third-order valence-corrected chi connectivity index (χ3v) is 1.87. The number of Topliss-reactive ketones (excluding diaryl/α,β-unsaturated/α-hetero) is 1. The van der Waals surface area contributed by atoms with Crippen molar-refractivity contribution in [2.24, 2.45) is 5.92 Å². The topological polar surface area (TPSA) is 54.4 Å². The summed E-state index contributed by atoms with van der Waals surface area (Å²) in [7, 11) is 0. The molecule has 1 atom stereocenters. The number of hydrogen-bond acceptors (Lipinski definition) is 3. The maximum atomic E-state index is 10.9. The second kappa shape index (κ2) is 5.18. The van der Waals surface area contributed by atoms with Gasteiger partial charge in [-0.2, -0.15) is 11.8 Å². The van der Waals surface area contributed by atoms with E-state index in [1.807, 2.05) is 6.26 Å². The minimum atomic E-state index is -0.903. The molecule has 0 heterocycles. The van der Waals surface area contributed by atoms with E-state index in [0.717, 1.165) is 0 Å². The van der Waals surface area contributed by atoms with Crippen LogP contribution in [0, 0.1) is 5.92 Å². The highest BCUT2D eigenvalue weighted by atomic mass is 32.2. The van der Waals surface area contributed by atoms with E-state index in [1.54, 1.807) is 6.92 Å². The van der Waals surface area contributed by atoms with Gasteiger partial charge in [-0.25, -0.2) is 0 Å². The third kappa shape index (κ3) is 4.84. The molecule has 1 N–H and O–H groups in total. The molecule has 4 heteroatoms. The summed E-state index contributed by atoms with van der Waals surface area (Å²) in [6, 6.07) is 0. The lowest BCUT2D eigenvalue weighted by Crippen LogP contribution is -2.15. The van der Waals surface area contributed by atoms with Crippen LogP contribution in [0.5, 0.6) is 0 Å². The van der Waals surface area contributed by atoms with Crippen molar-refractivity contribution in [2.45, 2.75) is 13.3 Å². The molecule has 0 saturated carbocycles. The quantitative estimate of drug-likeness (QED) is 0.679. The van der Waals surface area contributed by atoms with Crippen LogP contribution in [0.1, 0.15) is 13.3 Å². The second-order valence-electron chi connectivity index (χ2n) is 2.42. The van der Waals surface area contributed by atoms with Crippen LogP contribution in [0.4, 0.5) is 0 Å². The van der Waals surface area contributed by atoms with E-state index in [2.05, 4.69) is 0 Å². The number of aliphatic carboxylic acids is 1. The molecule has 0 aromatic carbocycles. The van der Waals surface area contributed by atoms with Gasteiger partial charge in [0.05, 0.1) is 11.7 Å². The van der Waals surface area contributed by atoms with Gasteiger partial charge in [-0.05, 0) is 6.26 Å². The van der Waals surface area contributed by atoms with E-state index in [9.17, 15) is 9.59 Å². The summed E-state index contributed by atoms with van der Waals surface area (Å²) in [6.07, 6.45) is 1.97. The lowest BCUT2D eigenvalue weighted by atomic mass is 10.1. The third-order valence-electron chi connectivity index (χ3n) is 1.26. The van der Waals surface area contributed by atoms with Crippen molar-refractivity contribution < 1.29 is 14.7 Å². The summed E-state index contributed by atoms with van der Waals surface area (Å²) < 4.78 is 0. The van der Waals surface area contributed by atoms with Gasteiger partial charge in [0.25, 0.3) is 0 Å². The first-order valence-corrected chi connectivity index (χ1v) is 4.70. The molecule has 64 valence electrons. The summed E-state index contributed by atoms with van der Waals surface area (Å²) >= 11 is 1.42. The lowest BCUT2D eigenvalue weighted by molar-refractivity contribution is -0.142. The largest absolute Gasteiger partial charge is 0.481 e. The van der Waals surface area contributed by atoms with Gasteiger partial charge in [0.1, 0.15) is 5.78 Å². The Morgan fingerprint density at radius 3 is 2.45 bits per heavy atom. The zero-order chi connectivity index (χ0) is 8.85. The average Bonchev–Trinajstić information content (AvgIpc) is 1.87. The molecular formula is C7H12O3S. The second-order valence-corrected chi connectivity index (χ2v) is 3.28. The van der Waals surface area contributed by atoms with Gasteiger partial charge in [-0.1, -0.05) is 6.92 Å². The monoisotopic (exact) mass is 176 g/mol. The summed E-state index contributed by atoms with van der Waals surface area (Å²) in [4.78, 5) is 21.2. The highest BCUT2D eigenvalue weighted by Crippen LogP contribution is 2.05. The Labute approximate surface area is 70.2 Å². The predicted molar refractivity (Wildman–Crippen MR) is 44.8 cm³/mol. The van der Waals surface area contributed by atoms with Crippen LogP contribution in [0.15, 0.2) is 0 Å². The molecule has 0 saturated heterocycles. The first-order chi connectivity index (χ1) is 5.07. The molecule has 0 aromatic rings. The summed E-state index contributed by atoms with van der Waals surface area (Å²) in [5.74, 6) is -1.03. The Hall–Kier alpha value is -0.510. The fraction of sp³-hybridized carbons (Fsp3) is 0.714. The maximum absolute atomic E-state index is 10.9. The molecule has 1 unspecified atom stereocenters. The Balaban J connectivity index is 3.66. The fourth-order valence-corrected chi connectivity index (χ4v) is 1.09. The molecule has 0 aliphatic carbocycles. The van der Waals surface area contributed by atoms with E-state index in [1.165, 1.54) is 11.8 Å². The van der Waals surface area contributed by atoms with Crippen LogP contribution in [0.25, 0.3) is 0 Å². The van der Waals surface area contributed by atoms with E-state index in [0.29, 0.717) is 5.75 Å². The van der Waals surface area contributed by atoms with Crippen molar-refractivity contribution in [1.82, 2.24) is 0 Å². The smallest absolute Gasteiger partial charge is 0.306 e. The van der Waals surface area contributed by atoms with Gasteiger partial charge in [0.15, 0.2) is 0 Å². The van der Waals surface area contributed by atoms with Crippen molar-refractivity contribution in [3.05, 3.63) is 0 Å². The van der Waals surface area contributed by atoms with Gasteiger partial charge in [0, 0.05) is 6.42 Å². The Morgan fingerprint density at radius 2 is 2.09 bits per heavy atom. The molecule has 11 heavy (non-hydrogen) atoms. The van der Waals surface area contributed by atoms with Gasteiger partial charge >= 0.3 is 5.97 Å². The van der Waals surface area contributed by atoms with E-state index in [4.69, 9.17) is 5.11 Å². The van der Waals surface area contributed by atoms with Crippen LogP contribution in [-0.2, 0) is 9.59 Å². The van der Waals surface area contributed by atoms with Gasteiger partial charge < -0.3 is 5.11 Å². The minimum absolute atomic E-state index is 0.00685. The number of hydrogen-bond donors (Lipinski definition) is 1. The first-order valence-electron chi connectivity index (χ1n) is 3.31. The Morgan fingerprint density at radius 1 is 1.55 bits per heavy atom. The summed E-state index contributed by atoms with van der Waals surface area (Å²) in [5, 5.41) is 8.44. The van der Waals surface area contributed by atoms with Crippen molar-refractivity contribution in [1.29, 1.82) is 0 Å². The van der Waals surface area contributed by atoms with Gasteiger partial charge in [-0.3, -0.25) is 9.59 Å². The molecule has 0 spiro atoms. The van der Waals surface area contributed by atoms with Gasteiger partial charge in [-0.15, -0.1) is 0 Å². The molecule has 0 radical (unpaired) electrons. The molecule has 0 fully saturated rings. The fourth-order valence-electron chi connectivity index (χ4n) is 0.649. The van der Waals surface area contributed by atoms with E-state index >= 15 is 0 Å². The summed E-state index contributed by atoms with van der Waals surface area (Å²) in [5.41, 5.74) is 0. The molecule has 0 rings (SSSR count). The van der Waals surface area contributed by atoms with Crippen LogP contribution >= 0.6 is 11.8 Å². The van der Waals surface area contributed by atoms with Crippen molar-refractivity contribution in [3.8, 4) is 0 Å². The number of carboxylic acids is 1. The molecule has 0 amide bonds. The predicted octanol–water partition coefficient (Wildman–Crippen LogP) is 1.03. The summed E-state index contributed by atoms with van der Waals surface area (Å²) in [6.45, 7) is 1.54. The molecule has 0 aliphatic heterocycles. The van der Waals surface area contributed by atoms with Crippen LogP contribution < -0.4 is 0 Å². The highest BCUT2D eigenvalue weighted by molar-refractivity contribution is 7.99. The van der Waals surface area contributed by atoms with Crippen LogP contribution in [0.2, 0.25) is 0 Å². The zero-order valence-corrected chi connectivity index (χ0v) is 7.48. The number of thioether (sulfide) groups is 1. The first kappa shape index (κ1) is 10.5. The molecule has 0 aliphatic rings. The van der Waals surface area contributed by atoms with Gasteiger partial charge in [0.2, 0.25) is 0 Å². The Bertz CT molecular complexity index is 156. The minimum Gasteiger partial charge on any atom is -0.481 e.